The largest absolute Gasteiger partial charge is 0.311 e. The summed E-state index contributed by atoms with van der Waals surface area (Å²) in [6.07, 6.45) is 4.16. The Balaban J connectivity index is 2.29. The Bertz CT molecular complexity index is 405. The van der Waals surface area contributed by atoms with Gasteiger partial charge in [0.05, 0.1) is 4.83 Å². The molecule has 2 rings (SSSR count). The van der Waals surface area contributed by atoms with E-state index < -0.39 is 0 Å². The minimum Gasteiger partial charge on any atom is -0.311 e. The molecule has 1 atom stereocenters. The molecular weight excluding hydrogens is 278 g/mol. The lowest BCUT2D eigenvalue weighted by Gasteiger charge is -2.31. The number of amides is 1. The van der Waals surface area contributed by atoms with Crippen molar-refractivity contribution < 1.29 is 4.79 Å². The summed E-state index contributed by atoms with van der Waals surface area (Å²) in [6.45, 7) is 3.02. The van der Waals surface area contributed by atoms with E-state index in [1.807, 2.05) is 11.0 Å². The van der Waals surface area contributed by atoms with Crippen LogP contribution in [0.4, 0.5) is 5.69 Å². The van der Waals surface area contributed by atoms with Crippen molar-refractivity contribution in [3.05, 3.63) is 29.8 Å². The van der Waals surface area contributed by atoms with E-state index in [1.165, 1.54) is 5.56 Å². The molecule has 17 heavy (non-hydrogen) atoms. The predicted octanol–water partition coefficient (Wildman–Crippen LogP) is 3.53. The molecule has 0 aromatic heterocycles. The average Bonchev–Trinajstić information content (AvgIpc) is 2.34. The van der Waals surface area contributed by atoms with Crippen LogP contribution in [0.15, 0.2) is 24.3 Å². The second-order valence-corrected chi connectivity index (χ2v) is 5.58. The van der Waals surface area contributed by atoms with E-state index in [4.69, 9.17) is 0 Å². The van der Waals surface area contributed by atoms with Crippen LogP contribution in [0.2, 0.25) is 0 Å². The molecule has 0 bridgehead atoms. The summed E-state index contributed by atoms with van der Waals surface area (Å²) in [6, 6.07) is 8.26. The first-order valence-electron chi connectivity index (χ1n) is 6.27. The molecule has 1 aromatic carbocycles. The molecule has 1 heterocycles. The monoisotopic (exact) mass is 295 g/mol. The van der Waals surface area contributed by atoms with Crippen molar-refractivity contribution in [3.8, 4) is 0 Å². The van der Waals surface area contributed by atoms with E-state index in [9.17, 15) is 4.79 Å². The van der Waals surface area contributed by atoms with E-state index in [1.54, 1.807) is 0 Å². The highest BCUT2D eigenvalue weighted by molar-refractivity contribution is 9.10. The lowest BCUT2D eigenvalue weighted by atomic mass is 10.0. The van der Waals surface area contributed by atoms with Crippen LogP contribution < -0.4 is 4.90 Å². The van der Waals surface area contributed by atoms with Crippen molar-refractivity contribution in [1.82, 2.24) is 0 Å². The Morgan fingerprint density at radius 2 is 2.18 bits per heavy atom. The number of hydrogen-bond acceptors (Lipinski definition) is 1. The number of piperidine rings is 1. The first-order chi connectivity index (χ1) is 8.24. The highest BCUT2D eigenvalue weighted by Crippen LogP contribution is 2.28. The average molecular weight is 296 g/mol. The van der Waals surface area contributed by atoms with Crippen molar-refractivity contribution in [2.24, 2.45) is 0 Å². The van der Waals surface area contributed by atoms with Gasteiger partial charge in [0.15, 0.2) is 0 Å². The first-order valence-corrected chi connectivity index (χ1v) is 7.19. The van der Waals surface area contributed by atoms with Crippen molar-refractivity contribution in [2.45, 2.75) is 37.4 Å². The summed E-state index contributed by atoms with van der Waals surface area (Å²) in [7, 11) is 0. The van der Waals surface area contributed by atoms with Crippen LogP contribution in [0.3, 0.4) is 0 Å². The highest BCUT2D eigenvalue weighted by Gasteiger charge is 2.28. The van der Waals surface area contributed by atoms with Gasteiger partial charge in [0, 0.05) is 12.2 Å². The van der Waals surface area contributed by atoms with Crippen molar-refractivity contribution in [2.75, 3.05) is 11.4 Å². The van der Waals surface area contributed by atoms with E-state index in [-0.39, 0.29) is 10.7 Å². The first kappa shape index (κ1) is 12.6. The molecule has 0 saturated carbocycles. The van der Waals surface area contributed by atoms with Gasteiger partial charge in [-0.3, -0.25) is 4.79 Å². The quantitative estimate of drug-likeness (QED) is 0.781. The molecule has 0 aliphatic carbocycles. The topological polar surface area (TPSA) is 20.3 Å². The molecule has 1 saturated heterocycles. The number of hydrogen-bond donors (Lipinski definition) is 0. The normalized spacial score (nSPS) is 20.7. The lowest BCUT2D eigenvalue weighted by Crippen LogP contribution is -2.42. The zero-order valence-corrected chi connectivity index (χ0v) is 11.7. The number of aryl methyl sites for hydroxylation is 1. The Morgan fingerprint density at radius 1 is 1.41 bits per heavy atom. The zero-order chi connectivity index (χ0) is 12.3. The Hall–Kier alpha value is -0.830. The Labute approximate surface area is 111 Å². The molecule has 0 N–H and O–H groups in total. The van der Waals surface area contributed by atoms with Gasteiger partial charge < -0.3 is 4.90 Å². The van der Waals surface area contributed by atoms with E-state index in [0.717, 1.165) is 37.9 Å². The number of benzene rings is 1. The molecule has 1 amide bonds. The molecule has 1 fully saturated rings. The number of halogens is 1. The molecule has 1 aliphatic rings. The summed E-state index contributed by atoms with van der Waals surface area (Å²) in [4.78, 5) is 14.1. The Kier molecular flexibility index (Phi) is 4.21. The van der Waals surface area contributed by atoms with E-state index >= 15 is 0 Å². The molecule has 0 radical (unpaired) electrons. The number of anilines is 1. The fourth-order valence-corrected chi connectivity index (χ4v) is 2.90. The lowest BCUT2D eigenvalue weighted by molar-refractivity contribution is -0.118. The number of carbonyl (C=O) groups is 1. The van der Waals surface area contributed by atoms with Crippen LogP contribution in [0.1, 0.15) is 31.7 Å². The summed E-state index contributed by atoms with van der Waals surface area (Å²) in [5.74, 6) is 0.208. The zero-order valence-electron chi connectivity index (χ0n) is 10.2. The van der Waals surface area contributed by atoms with Gasteiger partial charge in [-0.2, -0.15) is 0 Å². The third-order valence-corrected chi connectivity index (χ3v) is 4.02. The van der Waals surface area contributed by atoms with Gasteiger partial charge in [-0.1, -0.05) is 47.5 Å². The van der Waals surface area contributed by atoms with Gasteiger partial charge in [-0.25, -0.2) is 0 Å². The fourth-order valence-electron chi connectivity index (χ4n) is 2.33. The number of carbonyl (C=O) groups excluding carboxylic acids is 1. The van der Waals surface area contributed by atoms with Crippen LogP contribution in [0.25, 0.3) is 0 Å². The van der Waals surface area contributed by atoms with Crippen LogP contribution in [0, 0.1) is 0 Å². The standard InChI is InChI=1S/C14H18BrNO/c1-2-6-11-7-3-4-9-13(11)16-10-5-8-12(15)14(16)17/h3-4,7,9,12H,2,5-6,8,10H2,1H3. The van der Waals surface area contributed by atoms with Gasteiger partial charge in [-0.05, 0) is 30.9 Å². The number of alkyl halides is 1. The molecule has 1 aliphatic heterocycles. The maximum absolute atomic E-state index is 12.2. The predicted molar refractivity (Wildman–Crippen MR) is 74.7 cm³/mol. The summed E-state index contributed by atoms with van der Waals surface area (Å²) < 4.78 is 0. The van der Waals surface area contributed by atoms with E-state index in [0.29, 0.717) is 0 Å². The van der Waals surface area contributed by atoms with Crippen LogP contribution in [-0.4, -0.2) is 17.3 Å². The second kappa shape index (κ2) is 5.67. The van der Waals surface area contributed by atoms with Gasteiger partial charge in [0.2, 0.25) is 5.91 Å². The SMILES string of the molecule is CCCc1ccccc1N1CCCC(Br)C1=O. The van der Waals surface area contributed by atoms with Crippen molar-refractivity contribution in [1.29, 1.82) is 0 Å². The number of nitrogens with zero attached hydrogens (tertiary/aromatic N) is 1. The van der Waals surface area contributed by atoms with Crippen LogP contribution in [0.5, 0.6) is 0 Å². The van der Waals surface area contributed by atoms with Gasteiger partial charge in [0.25, 0.3) is 0 Å². The minimum atomic E-state index is -0.00840. The van der Waals surface area contributed by atoms with Gasteiger partial charge in [0.1, 0.15) is 0 Å². The number of rotatable bonds is 3. The van der Waals surface area contributed by atoms with Crippen LogP contribution >= 0.6 is 15.9 Å². The molecule has 0 spiro atoms. The second-order valence-electron chi connectivity index (χ2n) is 4.48. The number of para-hydroxylation sites is 1. The Morgan fingerprint density at radius 3 is 2.94 bits per heavy atom. The smallest absolute Gasteiger partial charge is 0.240 e. The molecule has 3 heteroatoms. The highest BCUT2D eigenvalue weighted by atomic mass is 79.9. The van der Waals surface area contributed by atoms with Crippen LogP contribution in [-0.2, 0) is 11.2 Å². The molecule has 2 nitrogen and oxygen atoms in total. The molecular formula is C14H18BrNO. The summed E-state index contributed by atoms with van der Waals surface area (Å²) in [5.41, 5.74) is 2.38. The van der Waals surface area contributed by atoms with E-state index in [2.05, 4.69) is 41.1 Å². The summed E-state index contributed by atoms with van der Waals surface area (Å²) >= 11 is 3.46. The maximum atomic E-state index is 12.2. The van der Waals surface area contributed by atoms with Crippen molar-refractivity contribution >= 4 is 27.5 Å². The van der Waals surface area contributed by atoms with Crippen molar-refractivity contribution in [3.63, 3.8) is 0 Å². The molecule has 1 aromatic rings. The fraction of sp³-hybridized carbons (Fsp3) is 0.500. The van der Waals surface area contributed by atoms with Gasteiger partial charge in [-0.15, -0.1) is 0 Å². The van der Waals surface area contributed by atoms with Gasteiger partial charge >= 0.3 is 0 Å². The minimum absolute atomic E-state index is 0.00840. The third kappa shape index (κ3) is 2.71. The summed E-state index contributed by atoms with van der Waals surface area (Å²) in [5, 5.41) is 0. The molecule has 1 unspecified atom stereocenters. The third-order valence-electron chi connectivity index (χ3n) is 3.18. The maximum Gasteiger partial charge on any atom is 0.240 e. The molecule has 92 valence electrons.